The Balaban J connectivity index is 0.000000412. The van der Waals surface area contributed by atoms with Crippen molar-refractivity contribution in [3.8, 4) is 11.3 Å². The van der Waals surface area contributed by atoms with Crippen LogP contribution in [-0.2, 0) is 9.47 Å². The molecule has 2 unspecified atom stereocenters. The average molecular weight is 514 g/mol. The number of amides is 1. The van der Waals surface area contributed by atoms with E-state index in [4.69, 9.17) is 20.2 Å². The van der Waals surface area contributed by atoms with E-state index in [1.54, 1.807) is 24.9 Å². The molecule has 1 amide bonds. The highest BCUT2D eigenvalue weighted by Gasteiger charge is 2.36. The van der Waals surface area contributed by atoms with Crippen LogP contribution < -0.4 is 11.1 Å². The van der Waals surface area contributed by atoms with E-state index in [0.29, 0.717) is 36.8 Å². The van der Waals surface area contributed by atoms with Crippen LogP contribution in [0.4, 0.5) is 14.6 Å². The van der Waals surface area contributed by atoms with Gasteiger partial charge >= 0.3 is 0 Å². The third-order valence-electron chi connectivity index (χ3n) is 6.87. The number of alkyl halides is 2. The zero-order valence-electron chi connectivity index (χ0n) is 20.7. The summed E-state index contributed by atoms with van der Waals surface area (Å²) >= 11 is 0. The van der Waals surface area contributed by atoms with Gasteiger partial charge in [0.2, 0.25) is 5.92 Å². The molecule has 37 heavy (non-hydrogen) atoms. The van der Waals surface area contributed by atoms with Crippen molar-refractivity contribution in [1.82, 2.24) is 24.1 Å². The maximum absolute atomic E-state index is 11.9. The molecule has 1 aliphatic carbocycles. The third-order valence-corrected chi connectivity index (χ3v) is 6.87. The molecule has 3 N–H and O–H groups in total. The molecule has 4 aromatic rings. The summed E-state index contributed by atoms with van der Waals surface area (Å²) in [6.07, 6.45) is 6.97. The number of fused-ring (bicyclic) bond motifs is 2. The number of carbonyl (C=O) groups is 1. The van der Waals surface area contributed by atoms with Crippen LogP contribution >= 0.6 is 0 Å². The molecule has 1 saturated heterocycles. The summed E-state index contributed by atoms with van der Waals surface area (Å²) < 4.78 is 38.1. The highest BCUT2D eigenvalue weighted by Crippen LogP contribution is 2.37. The molecule has 0 aromatic carbocycles. The highest BCUT2D eigenvalue weighted by atomic mass is 19.3. The third kappa shape index (κ3) is 4.74. The van der Waals surface area contributed by atoms with E-state index >= 15 is 0 Å². The van der Waals surface area contributed by atoms with Gasteiger partial charge in [0.15, 0.2) is 5.65 Å². The minimum Gasteiger partial charge on any atom is -0.379 e. The van der Waals surface area contributed by atoms with Gasteiger partial charge in [0.05, 0.1) is 24.5 Å². The van der Waals surface area contributed by atoms with Crippen molar-refractivity contribution in [1.29, 1.82) is 0 Å². The molecular weight excluding hydrogens is 484 g/mol. The minimum atomic E-state index is -2.28. The van der Waals surface area contributed by atoms with Gasteiger partial charge in [0.1, 0.15) is 23.1 Å². The summed E-state index contributed by atoms with van der Waals surface area (Å²) in [5, 5.41) is 8.33. The van der Waals surface area contributed by atoms with Crippen molar-refractivity contribution in [3.63, 3.8) is 0 Å². The molecule has 0 bridgehead atoms. The smallest absolute Gasteiger partial charge is 0.254 e. The number of carbonyl (C=O) groups excluding carboxylic acids is 1. The molecule has 4 aromatic heterocycles. The van der Waals surface area contributed by atoms with E-state index in [-0.39, 0.29) is 30.6 Å². The molecule has 10 nitrogen and oxygen atoms in total. The first-order chi connectivity index (χ1) is 17.8. The molecular formula is C25H29F2N7O3. The van der Waals surface area contributed by atoms with Crippen LogP contribution in [0.1, 0.15) is 42.1 Å². The number of halogens is 2. The predicted octanol–water partition coefficient (Wildman–Crippen LogP) is 3.67. The molecule has 2 atom stereocenters. The second kappa shape index (κ2) is 10.0. The van der Waals surface area contributed by atoms with Gasteiger partial charge in [0, 0.05) is 63.0 Å². The summed E-state index contributed by atoms with van der Waals surface area (Å²) in [6, 6.07) is 5.91. The first-order valence-corrected chi connectivity index (χ1v) is 12.1. The molecule has 1 saturated carbocycles. The number of nitrogens with one attached hydrogen (secondary N) is 1. The molecule has 5 heterocycles. The molecule has 196 valence electrons. The number of pyridine rings is 1. The lowest BCUT2D eigenvalue weighted by molar-refractivity contribution is -0.0717. The summed E-state index contributed by atoms with van der Waals surface area (Å²) in [5.41, 5.74) is 8.65. The number of primary amides is 1. The van der Waals surface area contributed by atoms with Crippen LogP contribution in [0.25, 0.3) is 27.9 Å². The van der Waals surface area contributed by atoms with Crippen LogP contribution in [0.15, 0.2) is 36.8 Å². The van der Waals surface area contributed by atoms with E-state index in [9.17, 15) is 13.6 Å². The van der Waals surface area contributed by atoms with Crippen molar-refractivity contribution in [2.24, 2.45) is 5.73 Å². The van der Waals surface area contributed by atoms with E-state index < -0.39 is 11.8 Å². The topological polar surface area (TPSA) is 122 Å². The zero-order valence-corrected chi connectivity index (χ0v) is 20.7. The number of methoxy groups -OCH3 is 1. The van der Waals surface area contributed by atoms with Gasteiger partial charge in [-0.05, 0) is 25.0 Å². The Morgan fingerprint density at radius 2 is 2.11 bits per heavy atom. The molecule has 6 rings (SSSR count). The van der Waals surface area contributed by atoms with Gasteiger partial charge in [-0.2, -0.15) is 9.61 Å². The molecule has 12 heteroatoms. The van der Waals surface area contributed by atoms with Crippen molar-refractivity contribution < 1.29 is 23.0 Å². The number of ether oxygens (including phenoxy) is 2. The molecule has 1 aliphatic heterocycles. The highest BCUT2D eigenvalue weighted by molar-refractivity contribution is 6.00. The lowest BCUT2D eigenvalue weighted by atomic mass is 9.95. The van der Waals surface area contributed by atoms with Crippen LogP contribution in [0.2, 0.25) is 0 Å². The van der Waals surface area contributed by atoms with Crippen molar-refractivity contribution in [3.05, 3.63) is 42.4 Å². The quantitative estimate of drug-likeness (QED) is 0.418. The summed E-state index contributed by atoms with van der Waals surface area (Å²) in [7, 11) is 3.49. The zero-order chi connectivity index (χ0) is 26.2. The second-order valence-corrected chi connectivity index (χ2v) is 9.17. The molecule has 0 radical (unpaired) electrons. The lowest BCUT2D eigenvalue weighted by Gasteiger charge is -2.31. The first-order valence-electron chi connectivity index (χ1n) is 12.1. The number of nitrogens with two attached hydrogens (primary N) is 1. The van der Waals surface area contributed by atoms with Crippen molar-refractivity contribution in [2.75, 3.05) is 32.7 Å². The van der Waals surface area contributed by atoms with Crippen LogP contribution in [0.3, 0.4) is 0 Å². The molecule has 2 aliphatic rings. The first kappa shape index (κ1) is 25.0. The normalized spacial score (nSPS) is 20.8. The number of rotatable bonds is 5. The second-order valence-electron chi connectivity index (χ2n) is 9.17. The number of anilines is 1. The predicted molar refractivity (Wildman–Crippen MR) is 134 cm³/mol. The van der Waals surface area contributed by atoms with E-state index in [1.165, 1.54) is 6.20 Å². The monoisotopic (exact) mass is 513 g/mol. The Labute approximate surface area is 211 Å². The fraction of sp³-hybridized carbons (Fsp3) is 0.440. The largest absolute Gasteiger partial charge is 0.379 e. The Kier molecular flexibility index (Phi) is 6.78. The van der Waals surface area contributed by atoms with E-state index in [2.05, 4.69) is 26.2 Å². The fourth-order valence-corrected chi connectivity index (χ4v) is 4.68. The standard InChI is InChI=1S/C21H23N7O3.C4H6F2/c1-23-18-8-15(26-21-13(19(22)29)9-25-28(18)21)14-10-27(20-12(14)4-3-6-24-20)16-5-7-31-11-17(16)30-2;5-4(6)2-1-3-4/h3-4,6,8-10,16-17,23H,5,7,11H2,1-2H3,(H2,22,29);1-3H2. The van der Waals surface area contributed by atoms with E-state index in [0.717, 1.165) is 23.0 Å². The Morgan fingerprint density at radius 1 is 1.32 bits per heavy atom. The fourth-order valence-electron chi connectivity index (χ4n) is 4.68. The van der Waals surface area contributed by atoms with Gasteiger partial charge in [-0.25, -0.2) is 18.7 Å². The van der Waals surface area contributed by atoms with Gasteiger partial charge < -0.3 is 25.1 Å². The average Bonchev–Trinajstić information content (AvgIpc) is 3.50. The van der Waals surface area contributed by atoms with Gasteiger partial charge in [-0.15, -0.1) is 0 Å². The number of aromatic nitrogens is 5. The lowest BCUT2D eigenvalue weighted by Crippen LogP contribution is -2.35. The minimum absolute atomic E-state index is 0.0705. The Hall–Kier alpha value is -3.64. The van der Waals surface area contributed by atoms with Crippen LogP contribution in [-0.4, -0.2) is 69.5 Å². The number of hydrogen-bond donors (Lipinski definition) is 2. The maximum atomic E-state index is 11.9. The van der Waals surface area contributed by atoms with Gasteiger partial charge in [0.25, 0.3) is 5.91 Å². The SMILES string of the molecule is CNc1cc(-c2cn(C3CCOCC3OC)c3ncccc23)nc2c(C(N)=O)cnn12.FC1(F)CCC1. The maximum Gasteiger partial charge on any atom is 0.254 e. The summed E-state index contributed by atoms with van der Waals surface area (Å²) in [5.74, 6) is -2.16. The van der Waals surface area contributed by atoms with Crippen LogP contribution in [0.5, 0.6) is 0 Å². The number of nitrogens with zero attached hydrogens (tertiary/aromatic N) is 5. The van der Waals surface area contributed by atoms with Gasteiger partial charge in [-0.3, -0.25) is 4.79 Å². The van der Waals surface area contributed by atoms with Crippen molar-refractivity contribution >= 4 is 28.4 Å². The molecule has 0 spiro atoms. The Bertz CT molecular complexity index is 1430. The van der Waals surface area contributed by atoms with Crippen LogP contribution in [0, 0.1) is 0 Å². The number of hydrogen-bond acceptors (Lipinski definition) is 7. The van der Waals surface area contributed by atoms with Gasteiger partial charge in [-0.1, -0.05) is 0 Å². The summed E-state index contributed by atoms with van der Waals surface area (Å²) in [4.78, 5) is 21.3. The van der Waals surface area contributed by atoms with E-state index in [1.807, 2.05) is 18.2 Å². The Morgan fingerprint density at radius 3 is 2.76 bits per heavy atom. The van der Waals surface area contributed by atoms with Crippen molar-refractivity contribution in [2.45, 2.75) is 43.8 Å². The molecule has 2 fully saturated rings. The summed E-state index contributed by atoms with van der Waals surface area (Å²) in [6.45, 7) is 1.20.